The summed E-state index contributed by atoms with van der Waals surface area (Å²) in [6.07, 6.45) is 0.649. The first-order valence-electron chi connectivity index (χ1n) is 3.91. The van der Waals surface area contributed by atoms with Gasteiger partial charge in [0.1, 0.15) is 6.29 Å². The molecule has 0 unspecified atom stereocenters. The van der Waals surface area contributed by atoms with Gasteiger partial charge in [0.05, 0.1) is 6.54 Å². The van der Waals surface area contributed by atoms with Gasteiger partial charge >= 0.3 is 6.03 Å². The highest BCUT2D eigenvalue weighted by atomic mass is 16.2. The van der Waals surface area contributed by atoms with E-state index in [0.717, 1.165) is 0 Å². The molecule has 70 valence electrons. The van der Waals surface area contributed by atoms with Gasteiger partial charge in [-0.1, -0.05) is 20.8 Å². The first-order chi connectivity index (χ1) is 5.45. The van der Waals surface area contributed by atoms with Crippen molar-refractivity contribution in [2.45, 2.75) is 20.8 Å². The molecule has 4 heteroatoms. The maximum Gasteiger partial charge on any atom is 0.315 e. The molecule has 0 fully saturated rings. The van der Waals surface area contributed by atoms with Gasteiger partial charge in [-0.3, -0.25) is 0 Å². The van der Waals surface area contributed by atoms with E-state index in [-0.39, 0.29) is 18.0 Å². The Morgan fingerprint density at radius 3 is 2.33 bits per heavy atom. The highest BCUT2D eigenvalue weighted by Gasteiger charge is 2.10. The summed E-state index contributed by atoms with van der Waals surface area (Å²) < 4.78 is 0. The van der Waals surface area contributed by atoms with Crippen LogP contribution in [0.5, 0.6) is 0 Å². The highest BCUT2D eigenvalue weighted by Crippen LogP contribution is 2.09. The second kappa shape index (κ2) is 4.74. The molecule has 0 aliphatic heterocycles. The van der Waals surface area contributed by atoms with Crippen LogP contribution < -0.4 is 10.6 Å². The number of hydrogen-bond donors (Lipinski definition) is 2. The number of hydrogen-bond acceptors (Lipinski definition) is 2. The average Bonchev–Trinajstić information content (AvgIpc) is 1.95. The largest absolute Gasteiger partial charge is 0.338 e. The van der Waals surface area contributed by atoms with Crippen LogP contribution in [-0.4, -0.2) is 25.4 Å². The molecule has 0 radical (unpaired) electrons. The fourth-order valence-corrected chi connectivity index (χ4v) is 0.542. The van der Waals surface area contributed by atoms with Crippen LogP contribution in [0.3, 0.4) is 0 Å². The SMILES string of the molecule is CC(C)(C)CNC(=O)NCC=O. The molecule has 0 spiro atoms. The molecule has 0 aliphatic carbocycles. The fraction of sp³-hybridized carbons (Fsp3) is 0.750. The maximum atomic E-state index is 10.9. The third kappa shape index (κ3) is 7.05. The number of rotatable bonds is 3. The van der Waals surface area contributed by atoms with E-state index in [1.54, 1.807) is 0 Å². The number of aldehydes is 1. The summed E-state index contributed by atoms with van der Waals surface area (Å²) in [6.45, 7) is 6.72. The number of nitrogens with one attached hydrogen (secondary N) is 2. The maximum absolute atomic E-state index is 10.9. The smallest absolute Gasteiger partial charge is 0.315 e. The van der Waals surface area contributed by atoms with Crippen LogP contribution in [0.1, 0.15) is 20.8 Å². The Labute approximate surface area is 72.7 Å². The number of urea groups is 1. The van der Waals surface area contributed by atoms with E-state index in [2.05, 4.69) is 10.6 Å². The van der Waals surface area contributed by atoms with Crippen LogP contribution in [0.2, 0.25) is 0 Å². The average molecular weight is 172 g/mol. The number of amides is 2. The van der Waals surface area contributed by atoms with E-state index in [1.165, 1.54) is 0 Å². The van der Waals surface area contributed by atoms with Gasteiger partial charge in [-0.2, -0.15) is 0 Å². The number of carbonyl (C=O) groups excluding carboxylic acids is 2. The van der Waals surface area contributed by atoms with Crippen LogP contribution >= 0.6 is 0 Å². The van der Waals surface area contributed by atoms with Gasteiger partial charge < -0.3 is 15.4 Å². The Morgan fingerprint density at radius 2 is 1.92 bits per heavy atom. The monoisotopic (exact) mass is 172 g/mol. The van der Waals surface area contributed by atoms with E-state index in [4.69, 9.17) is 0 Å². The van der Waals surface area contributed by atoms with Gasteiger partial charge in [-0.15, -0.1) is 0 Å². The van der Waals surface area contributed by atoms with Crippen molar-refractivity contribution in [2.75, 3.05) is 13.1 Å². The van der Waals surface area contributed by atoms with Crippen molar-refractivity contribution in [1.29, 1.82) is 0 Å². The van der Waals surface area contributed by atoms with Crippen LogP contribution in [0.4, 0.5) is 4.79 Å². The molecule has 0 aromatic carbocycles. The molecule has 12 heavy (non-hydrogen) atoms. The van der Waals surface area contributed by atoms with Gasteiger partial charge in [-0.05, 0) is 5.41 Å². The Balaban J connectivity index is 3.51. The van der Waals surface area contributed by atoms with Crippen LogP contribution in [0.15, 0.2) is 0 Å². The Morgan fingerprint density at radius 1 is 1.33 bits per heavy atom. The minimum absolute atomic E-state index is 0.0655. The predicted molar refractivity (Wildman–Crippen MR) is 46.9 cm³/mol. The Bertz CT molecular complexity index is 161. The summed E-state index contributed by atoms with van der Waals surface area (Å²) in [5.74, 6) is 0. The van der Waals surface area contributed by atoms with Gasteiger partial charge in [0.2, 0.25) is 0 Å². The van der Waals surface area contributed by atoms with Crippen molar-refractivity contribution in [3.05, 3.63) is 0 Å². The molecule has 0 aromatic heterocycles. The molecule has 0 aromatic rings. The lowest BCUT2D eigenvalue weighted by Crippen LogP contribution is -2.40. The lowest BCUT2D eigenvalue weighted by molar-refractivity contribution is -0.107. The van der Waals surface area contributed by atoms with Gasteiger partial charge in [-0.25, -0.2) is 4.79 Å². The summed E-state index contributed by atoms with van der Waals surface area (Å²) >= 11 is 0. The molecule has 4 nitrogen and oxygen atoms in total. The molecule has 0 bridgehead atoms. The fourth-order valence-electron chi connectivity index (χ4n) is 0.542. The van der Waals surface area contributed by atoms with Crippen molar-refractivity contribution in [1.82, 2.24) is 10.6 Å². The third-order valence-electron chi connectivity index (χ3n) is 1.13. The van der Waals surface area contributed by atoms with Crippen LogP contribution in [0, 0.1) is 5.41 Å². The van der Waals surface area contributed by atoms with E-state index >= 15 is 0 Å². The predicted octanol–water partition coefficient (Wildman–Crippen LogP) is 0.531. The second-order valence-corrected chi connectivity index (χ2v) is 3.79. The van der Waals surface area contributed by atoms with E-state index in [0.29, 0.717) is 12.8 Å². The highest BCUT2D eigenvalue weighted by molar-refractivity contribution is 5.76. The molecular weight excluding hydrogens is 156 g/mol. The number of carbonyl (C=O) groups is 2. The van der Waals surface area contributed by atoms with Crippen LogP contribution in [-0.2, 0) is 4.79 Å². The zero-order chi connectivity index (χ0) is 9.61. The minimum atomic E-state index is -0.294. The van der Waals surface area contributed by atoms with Crippen molar-refractivity contribution in [3.63, 3.8) is 0 Å². The molecule has 2 amide bonds. The minimum Gasteiger partial charge on any atom is -0.338 e. The molecular formula is C8H16N2O2. The normalized spacial score (nSPS) is 10.6. The Kier molecular flexibility index (Phi) is 4.33. The lowest BCUT2D eigenvalue weighted by atomic mass is 9.97. The standard InChI is InChI=1S/C8H16N2O2/c1-8(2,3)6-10-7(12)9-4-5-11/h5H,4,6H2,1-3H3,(H2,9,10,12). The van der Waals surface area contributed by atoms with E-state index in [9.17, 15) is 9.59 Å². The Hall–Kier alpha value is -1.06. The van der Waals surface area contributed by atoms with Crippen molar-refractivity contribution in [2.24, 2.45) is 5.41 Å². The summed E-state index contributed by atoms with van der Waals surface area (Å²) in [5.41, 5.74) is 0.0680. The summed E-state index contributed by atoms with van der Waals surface area (Å²) in [4.78, 5) is 20.7. The molecule has 0 heterocycles. The van der Waals surface area contributed by atoms with Crippen molar-refractivity contribution >= 4 is 12.3 Å². The van der Waals surface area contributed by atoms with Crippen molar-refractivity contribution < 1.29 is 9.59 Å². The van der Waals surface area contributed by atoms with E-state index < -0.39 is 0 Å². The topological polar surface area (TPSA) is 58.2 Å². The molecule has 0 rings (SSSR count). The molecule has 0 aliphatic rings. The first kappa shape index (κ1) is 10.9. The summed E-state index contributed by atoms with van der Waals surface area (Å²) in [5, 5.41) is 5.04. The first-order valence-corrected chi connectivity index (χ1v) is 3.91. The molecule has 0 saturated heterocycles. The van der Waals surface area contributed by atoms with Crippen LogP contribution in [0.25, 0.3) is 0 Å². The summed E-state index contributed by atoms with van der Waals surface area (Å²) in [6, 6.07) is -0.294. The molecule has 2 N–H and O–H groups in total. The third-order valence-corrected chi connectivity index (χ3v) is 1.13. The quantitative estimate of drug-likeness (QED) is 0.610. The summed E-state index contributed by atoms with van der Waals surface area (Å²) in [7, 11) is 0. The molecule has 0 saturated carbocycles. The zero-order valence-electron chi connectivity index (χ0n) is 7.81. The zero-order valence-corrected chi connectivity index (χ0v) is 7.81. The van der Waals surface area contributed by atoms with Crippen molar-refractivity contribution in [3.8, 4) is 0 Å². The van der Waals surface area contributed by atoms with Gasteiger partial charge in [0, 0.05) is 6.54 Å². The van der Waals surface area contributed by atoms with Gasteiger partial charge in [0.15, 0.2) is 0 Å². The lowest BCUT2D eigenvalue weighted by Gasteiger charge is -2.18. The second-order valence-electron chi connectivity index (χ2n) is 3.79. The van der Waals surface area contributed by atoms with Gasteiger partial charge in [0.25, 0.3) is 0 Å². The molecule has 0 atom stereocenters. The van der Waals surface area contributed by atoms with E-state index in [1.807, 2.05) is 20.8 Å².